The first-order valence-corrected chi connectivity index (χ1v) is 13.3. The normalized spacial score (nSPS) is 23.5. The highest BCUT2D eigenvalue weighted by Gasteiger charge is 2.27. The number of aliphatic hydroxyl groups excluding tert-OH is 1. The summed E-state index contributed by atoms with van der Waals surface area (Å²) in [7, 11) is 1.72. The van der Waals surface area contributed by atoms with Crippen molar-refractivity contribution < 1.29 is 19.0 Å². The van der Waals surface area contributed by atoms with E-state index in [0.717, 1.165) is 30.6 Å². The SMILES string of the molecule is C[C@@H]1CN(c2ccc(C(=O)Nc3cc(F)c4nn(C)cc4c3)c3nc(O[C@@H]4CC[C@H](O)C4)ncc23)C[C@H](C)N1. The van der Waals surface area contributed by atoms with Gasteiger partial charge in [-0.2, -0.15) is 10.1 Å². The third-order valence-corrected chi connectivity index (χ3v) is 7.41. The fourth-order valence-corrected chi connectivity index (χ4v) is 5.78. The molecule has 0 radical (unpaired) electrons. The minimum absolute atomic E-state index is 0.165. The Morgan fingerprint density at radius 2 is 1.97 bits per heavy atom. The first-order valence-electron chi connectivity index (χ1n) is 13.3. The van der Waals surface area contributed by atoms with E-state index in [1.54, 1.807) is 31.6 Å². The maximum Gasteiger partial charge on any atom is 0.317 e. The van der Waals surface area contributed by atoms with E-state index >= 15 is 0 Å². The number of nitrogens with zero attached hydrogens (tertiary/aromatic N) is 5. The van der Waals surface area contributed by atoms with Gasteiger partial charge in [0.2, 0.25) is 0 Å². The number of halogens is 1. The molecule has 3 heterocycles. The number of anilines is 2. The summed E-state index contributed by atoms with van der Waals surface area (Å²) >= 11 is 0. The lowest BCUT2D eigenvalue weighted by Gasteiger charge is -2.38. The van der Waals surface area contributed by atoms with Gasteiger partial charge in [0.1, 0.15) is 11.6 Å². The molecule has 10 nitrogen and oxygen atoms in total. The number of benzene rings is 2. The van der Waals surface area contributed by atoms with Gasteiger partial charge in [-0.3, -0.25) is 9.48 Å². The summed E-state index contributed by atoms with van der Waals surface area (Å²) in [6.45, 7) is 5.88. The Hall–Kier alpha value is -3.83. The van der Waals surface area contributed by atoms with Crippen LogP contribution in [0.3, 0.4) is 0 Å². The maximum absolute atomic E-state index is 14.7. The number of ether oxygens (including phenoxy) is 1. The molecule has 4 atom stereocenters. The topological polar surface area (TPSA) is 117 Å². The molecule has 1 aliphatic carbocycles. The van der Waals surface area contributed by atoms with Gasteiger partial charge in [0.05, 0.1) is 17.2 Å². The lowest BCUT2D eigenvalue weighted by atomic mass is 10.0. The van der Waals surface area contributed by atoms with Gasteiger partial charge in [-0.25, -0.2) is 9.37 Å². The molecule has 2 aromatic carbocycles. The number of nitrogens with one attached hydrogen (secondary N) is 2. The average molecular weight is 534 g/mol. The molecule has 2 aliphatic rings. The maximum atomic E-state index is 14.7. The van der Waals surface area contributed by atoms with Crippen LogP contribution in [0.1, 0.15) is 43.5 Å². The van der Waals surface area contributed by atoms with Gasteiger partial charge >= 0.3 is 6.01 Å². The molecular formula is C28H32FN7O3. The second-order valence-electron chi connectivity index (χ2n) is 10.8. The van der Waals surface area contributed by atoms with E-state index in [1.807, 2.05) is 6.07 Å². The predicted molar refractivity (Wildman–Crippen MR) is 147 cm³/mol. The highest BCUT2D eigenvalue weighted by atomic mass is 19.1. The monoisotopic (exact) mass is 533 g/mol. The first-order chi connectivity index (χ1) is 18.7. The number of fused-ring (bicyclic) bond motifs is 2. The predicted octanol–water partition coefficient (Wildman–Crippen LogP) is 3.39. The Kier molecular flexibility index (Phi) is 6.56. The molecule has 1 saturated carbocycles. The number of rotatable bonds is 5. The summed E-state index contributed by atoms with van der Waals surface area (Å²) in [5.41, 5.74) is 2.29. The molecule has 0 bridgehead atoms. The second kappa shape index (κ2) is 10.0. The van der Waals surface area contributed by atoms with E-state index in [9.17, 15) is 14.3 Å². The Morgan fingerprint density at radius 1 is 1.18 bits per heavy atom. The van der Waals surface area contributed by atoms with Gasteiger partial charge in [-0.05, 0) is 51.0 Å². The van der Waals surface area contributed by atoms with Crippen molar-refractivity contribution in [2.45, 2.75) is 57.4 Å². The van der Waals surface area contributed by atoms with Crippen LogP contribution < -0.4 is 20.3 Å². The largest absolute Gasteiger partial charge is 0.460 e. The Labute approximate surface area is 225 Å². The van der Waals surface area contributed by atoms with Gasteiger partial charge in [0.25, 0.3) is 5.91 Å². The Balaban J connectivity index is 1.38. The number of piperazine rings is 1. The number of amides is 1. The fourth-order valence-electron chi connectivity index (χ4n) is 5.78. The van der Waals surface area contributed by atoms with Crippen LogP contribution in [0.2, 0.25) is 0 Å². The molecule has 0 unspecified atom stereocenters. The van der Waals surface area contributed by atoms with Gasteiger partial charge in [0.15, 0.2) is 5.82 Å². The van der Waals surface area contributed by atoms with Crippen molar-refractivity contribution in [1.29, 1.82) is 0 Å². The number of aryl methyl sites for hydroxylation is 1. The average Bonchev–Trinajstić information content (AvgIpc) is 3.47. The number of carbonyl (C=O) groups is 1. The zero-order valence-electron chi connectivity index (χ0n) is 22.2. The minimum atomic E-state index is -0.512. The fraction of sp³-hybridized carbons (Fsp3) is 0.429. The summed E-state index contributed by atoms with van der Waals surface area (Å²) in [6, 6.07) is 7.38. The van der Waals surface area contributed by atoms with E-state index in [2.05, 4.69) is 44.4 Å². The van der Waals surface area contributed by atoms with Gasteiger partial charge in [0, 0.05) is 73.2 Å². The van der Waals surface area contributed by atoms with Crippen LogP contribution in [0.25, 0.3) is 21.8 Å². The summed E-state index contributed by atoms with van der Waals surface area (Å²) in [5, 5.41) is 21.7. The van der Waals surface area contributed by atoms with Crippen LogP contribution in [0.15, 0.2) is 36.7 Å². The zero-order valence-corrected chi connectivity index (χ0v) is 22.2. The highest BCUT2D eigenvalue weighted by molar-refractivity contribution is 6.14. The second-order valence-corrected chi connectivity index (χ2v) is 10.8. The van der Waals surface area contributed by atoms with Crippen LogP contribution in [-0.4, -0.2) is 68.1 Å². The molecule has 11 heteroatoms. The zero-order chi connectivity index (χ0) is 27.3. The summed E-state index contributed by atoms with van der Waals surface area (Å²) in [4.78, 5) is 25.0. The molecule has 6 rings (SSSR count). The van der Waals surface area contributed by atoms with E-state index in [0.29, 0.717) is 47.1 Å². The Morgan fingerprint density at radius 3 is 2.72 bits per heavy atom. The Bertz CT molecular complexity index is 1550. The summed E-state index contributed by atoms with van der Waals surface area (Å²) < 4.78 is 22.2. The lowest BCUT2D eigenvalue weighted by Crippen LogP contribution is -2.54. The van der Waals surface area contributed by atoms with E-state index in [1.165, 1.54) is 10.7 Å². The van der Waals surface area contributed by atoms with Crippen LogP contribution in [0.4, 0.5) is 15.8 Å². The smallest absolute Gasteiger partial charge is 0.317 e. The van der Waals surface area contributed by atoms with Crippen molar-refractivity contribution in [2.75, 3.05) is 23.3 Å². The minimum Gasteiger partial charge on any atom is -0.460 e. The van der Waals surface area contributed by atoms with Crippen LogP contribution in [0, 0.1) is 5.82 Å². The molecule has 2 aromatic heterocycles. The van der Waals surface area contributed by atoms with Crippen LogP contribution in [-0.2, 0) is 7.05 Å². The molecular weight excluding hydrogens is 501 g/mol. The third-order valence-electron chi connectivity index (χ3n) is 7.41. The van der Waals surface area contributed by atoms with Crippen LogP contribution in [0.5, 0.6) is 6.01 Å². The number of hydrogen-bond acceptors (Lipinski definition) is 8. The van der Waals surface area contributed by atoms with Crippen molar-refractivity contribution in [2.24, 2.45) is 7.05 Å². The van der Waals surface area contributed by atoms with Crippen molar-refractivity contribution in [3.8, 4) is 6.01 Å². The quantitative estimate of drug-likeness (QED) is 0.358. The van der Waals surface area contributed by atoms with Crippen molar-refractivity contribution in [3.63, 3.8) is 0 Å². The van der Waals surface area contributed by atoms with Gasteiger partial charge in [-0.1, -0.05) is 0 Å². The van der Waals surface area contributed by atoms with Gasteiger partial charge < -0.3 is 25.4 Å². The number of aromatic nitrogens is 4. The lowest BCUT2D eigenvalue weighted by molar-refractivity contribution is 0.102. The molecule has 204 valence electrons. The third kappa shape index (κ3) is 5.11. The van der Waals surface area contributed by atoms with E-state index in [-0.39, 0.29) is 17.6 Å². The van der Waals surface area contributed by atoms with Crippen molar-refractivity contribution in [3.05, 3.63) is 48.0 Å². The summed E-state index contributed by atoms with van der Waals surface area (Å²) in [5.74, 6) is -0.931. The van der Waals surface area contributed by atoms with Crippen LogP contribution >= 0.6 is 0 Å². The molecule has 4 aromatic rings. The van der Waals surface area contributed by atoms with Crippen molar-refractivity contribution >= 4 is 39.1 Å². The van der Waals surface area contributed by atoms with Crippen molar-refractivity contribution in [1.82, 2.24) is 25.1 Å². The number of aliphatic hydroxyl groups is 1. The molecule has 1 saturated heterocycles. The van der Waals surface area contributed by atoms with Gasteiger partial charge in [-0.15, -0.1) is 0 Å². The number of hydrogen-bond donors (Lipinski definition) is 3. The summed E-state index contributed by atoms with van der Waals surface area (Å²) in [6.07, 6.45) is 4.74. The van der Waals surface area contributed by atoms with E-state index in [4.69, 9.17) is 4.74 Å². The standard InChI is InChI=1S/C28H32FN7O3/c1-15-12-36(13-16(2)31-15)24-7-6-21(26-22(24)11-30-28(33-26)39-20-5-4-19(37)10-20)27(38)32-18-8-17-14-35(3)34-25(17)23(29)9-18/h6-9,11,14-16,19-20,31,37H,4-5,10,12-13H2,1-3H3,(H,32,38)/t15-,16+,19-,20+/m0/s1. The van der Waals surface area contributed by atoms with E-state index < -0.39 is 17.8 Å². The number of carbonyl (C=O) groups excluding carboxylic acids is 1. The first kappa shape index (κ1) is 25.4. The molecule has 0 spiro atoms. The highest BCUT2D eigenvalue weighted by Crippen LogP contribution is 2.32. The molecule has 2 fully saturated rings. The molecule has 39 heavy (non-hydrogen) atoms. The molecule has 1 amide bonds. The molecule has 3 N–H and O–H groups in total. The molecule has 1 aliphatic heterocycles.